The standard InChI is InChI=1S/C18H25NO5/c1-18(2,3)17(23)19-11-13-6-8-14(9-7-13)15(21)5-4-10-24-16(22)12-20/h6-9,20H,4-5,10-12H2,1-3H3,(H,19,23). The number of ketones is 1. The molecule has 1 rings (SSSR count). The Morgan fingerprint density at radius 3 is 2.29 bits per heavy atom. The number of aliphatic hydroxyl groups is 1. The van der Waals surface area contributed by atoms with Crippen LogP contribution in [0.1, 0.15) is 49.5 Å². The first-order valence-corrected chi connectivity index (χ1v) is 7.91. The molecule has 1 aromatic rings. The number of Topliss-reactive ketones (excluding diaryl/α,β-unsaturated/α-hetero) is 1. The van der Waals surface area contributed by atoms with Crippen LogP contribution >= 0.6 is 0 Å². The predicted molar refractivity (Wildman–Crippen MR) is 89.4 cm³/mol. The average molecular weight is 335 g/mol. The zero-order valence-corrected chi connectivity index (χ0v) is 14.4. The van der Waals surface area contributed by atoms with E-state index in [1.165, 1.54) is 0 Å². The second kappa shape index (κ2) is 9.17. The van der Waals surface area contributed by atoms with Gasteiger partial charge in [0.2, 0.25) is 5.91 Å². The van der Waals surface area contributed by atoms with E-state index in [-0.39, 0.29) is 24.7 Å². The number of carbonyl (C=O) groups is 3. The summed E-state index contributed by atoms with van der Waals surface area (Å²) in [6.07, 6.45) is 0.673. The van der Waals surface area contributed by atoms with E-state index in [4.69, 9.17) is 9.84 Å². The van der Waals surface area contributed by atoms with Gasteiger partial charge in [0.15, 0.2) is 5.78 Å². The number of hydrogen-bond donors (Lipinski definition) is 2. The van der Waals surface area contributed by atoms with Gasteiger partial charge in [0.1, 0.15) is 6.61 Å². The Balaban J connectivity index is 2.42. The molecule has 1 amide bonds. The monoisotopic (exact) mass is 335 g/mol. The summed E-state index contributed by atoms with van der Waals surface area (Å²) in [5.41, 5.74) is 1.06. The first-order valence-electron chi connectivity index (χ1n) is 7.91. The molecule has 0 bridgehead atoms. The Kier molecular flexibility index (Phi) is 7.58. The summed E-state index contributed by atoms with van der Waals surface area (Å²) < 4.78 is 4.70. The van der Waals surface area contributed by atoms with E-state index in [1.807, 2.05) is 32.9 Å². The van der Waals surface area contributed by atoms with Crippen LogP contribution in [0.3, 0.4) is 0 Å². The Labute approximate surface area is 142 Å². The van der Waals surface area contributed by atoms with E-state index < -0.39 is 18.0 Å². The van der Waals surface area contributed by atoms with Crippen molar-refractivity contribution in [2.24, 2.45) is 5.41 Å². The molecule has 0 aliphatic carbocycles. The maximum Gasteiger partial charge on any atom is 0.331 e. The van der Waals surface area contributed by atoms with Crippen LogP contribution in [0, 0.1) is 5.41 Å². The van der Waals surface area contributed by atoms with Crippen LogP contribution in [0.15, 0.2) is 24.3 Å². The van der Waals surface area contributed by atoms with Gasteiger partial charge < -0.3 is 15.2 Å². The van der Waals surface area contributed by atoms with E-state index in [0.717, 1.165) is 5.56 Å². The minimum Gasteiger partial charge on any atom is -0.464 e. The van der Waals surface area contributed by atoms with Crippen LogP contribution < -0.4 is 5.32 Å². The Hall–Kier alpha value is -2.21. The first-order chi connectivity index (χ1) is 11.2. The van der Waals surface area contributed by atoms with E-state index in [1.54, 1.807) is 12.1 Å². The van der Waals surface area contributed by atoms with Crippen molar-refractivity contribution in [3.05, 3.63) is 35.4 Å². The fraction of sp³-hybridized carbons (Fsp3) is 0.500. The topological polar surface area (TPSA) is 92.7 Å². The fourth-order valence-corrected chi connectivity index (χ4v) is 1.86. The van der Waals surface area contributed by atoms with Crippen LogP contribution in [-0.2, 0) is 20.9 Å². The summed E-state index contributed by atoms with van der Waals surface area (Å²) >= 11 is 0. The van der Waals surface area contributed by atoms with Gasteiger partial charge in [-0.3, -0.25) is 9.59 Å². The number of esters is 1. The molecule has 0 fully saturated rings. The molecule has 0 heterocycles. The zero-order chi connectivity index (χ0) is 18.2. The molecule has 0 aromatic heterocycles. The van der Waals surface area contributed by atoms with Crippen LogP contribution in [0.25, 0.3) is 0 Å². The van der Waals surface area contributed by atoms with Crippen molar-refractivity contribution in [3.8, 4) is 0 Å². The summed E-state index contributed by atoms with van der Waals surface area (Å²) in [5.74, 6) is -0.760. The quantitative estimate of drug-likeness (QED) is 0.430. The molecular weight excluding hydrogens is 310 g/mol. The number of benzene rings is 1. The Morgan fingerprint density at radius 2 is 1.75 bits per heavy atom. The molecule has 6 heteroatoms. The molecule has 24 heavy (non-hydrogen) atoms. The second-order valence-corrected chi connectivity index (χ2v) is 6.53. The highest BCUT2D eigenvalue weighted by Crippen LogP contribution is 2.13. The first kappa shape index (κ1) is 19.8. The molecule has 0 atom stereocenters. The van der Waals surface area contributed by atoms with Gasteiger partial charge in [-0.1, -0.05) is 45.0 Å². The number of carbonyl (C=O) groups excluding carboxylic acids is 3. The van der Waals surface area contributed by atoms with E-state index in [0.29, 0.717) is 18.5 Å². The van der Waals surface area contributed by atoms with Crippen LogP contribution in [-0.4, -0.2) is 36.0 Å². The number of ether oxygens (including phenoxy) is 1. The molecule has 0 saturated carbocycles. The summed E-state index contributed by atoms with van der Waals surface area (Å²) in [4.78, 5) is 34.6. The molecule has 0 spiro atoms. The Morgan fingerprint density at radius 1 is 1.12 bits per heavy atom. The maximum absolute atomic E-state index is 12.0. The minimum absolute atomic E-state index is 0.0277. The molecule has 0 radical (unpaired) electrons. The van der Waals surface area contributed by atoms with Crippen molar-refractivity contribution >= 4 is 17.7 Å². The third-order valence-electron chi connectivity index (χ3n) is 3.35. The van der Waals surface area contributed by atoms with E-state index >= 15 is 0 Å². The van der Waals surface area contributed by atoms with Gasteiger partial charge in [-0.25, -0.2) is 4.79 Å². The highest BCUT2D eigenvalue weighted by molar-refractivity contribution is 5.96. The number of amides is 1. The number of rotatable bonds is 8. The molecular formula is C18H25NO5. The molecule has 132 valence electrons. The lowest BCUT2D eigenvalue weighted by Gasteiger charge is -2.17. The van der Waals surface area contributed by atoms with Crippen molar-refractivity contribution in [1.82, 2.24) is 5.32 Å². The van der Waals surface area contributed by atoms with Crippen molar-refractivity contribution < 1.29 is 24.2 Å². The zero-order valence-electron chi connectivity index (χ0n) is 14.4. The average Bonchev–Trinajstić information content (AvgIpc) is 2.55. The smallest absolute Gasteiger partial charge is 0.331 e. The fourth-order valence-electron chi connectivity index (χ4n) is 1.86. The highest BCUT2D eigenvalue weighted by Gasteiger charge is 2.20. The van der Waals surface area contributed by atoms with Crippen molar-refractivity contribution in [2.45, 2.75) is 40.2 Å². The lowest BCUT2D eigenvalue weighted by molar-refractivity contribution is -0.147. The van der Waals surface area contributed by atoms with Crippen molar-refractivity contribution in [3.63, 3.8) is 0 Å². The lowest BCUT2D eigenvalue weighted by Crippen LogP contribution is -2.34. The molecule has 0 unspecified atom stereocenters. The van der Waals surface area contributed by atoms with Gasteiger partial charge in [-0.2, -0.15) is 0 Å². The van der Waals surface area contributed by atoms with Gasteiger partial charge in [0, 0.05) is 23.9 Å². The highest BCUT2D eigenvalue weighted by atomic mass is 16.5. The minimum atomic E-state index is -0.691. The summed E-state index contributed by atoms with van der Waals surface area (Å²) in [6, 6.07) is 7.06. The third-order valence-corrected chi connectivity index (χ3v) is 3.35. The van der Waals surface area contributed by atoms with Gasteiger partial charge >= 0.3 is 5.97 Å². The summed E-state index contributed by atoms with van der Waals surface area (Å²) in [5, 5.41) is 11.4. The predicted octanol–water partition coefficient (Wildman–Crippen LogP) is 1.85. The number of aliphatic hydroxyl groups excluding tert-OH is 1. The van der Waals surface area contributed by atoms with Crippen LogP contribution in [0.5, 0.6) is 0 Å². The molecule has 0 saturated heterocycles. The molecule has 6 nitrogen and oxygen atoms in total. The number of hydrogen-bond acceptors (Lipinski definition) is 5. The second-order valence-electron chi connectivity index (χ2n) is 6.53. The number of nitrogens with one attached hydrogen (secondary N) is 1. The van der Waals surface area contributed by atoms with E-state index in [9.17, 15) is 14.4 Å². The largest absolute Gasteiger partial charge is 0.464 e. The van der Waals surface area contributed by atoms with E-state index in [2.05, 4.69) is 5.32 Å². The van der Waals surface area contributed by atoms with Crippen LogP contribution in [0.4, 0.5) is 0 Å². The SMILES string of the molecule is CC(C)(C)C(=O)NCc1ccc(C(=O)CCCOC(=O)CO)cc1. The summed E-state index contributed by atoms with van der Waals surface area (Å²) in [6.45, 7) is 5.43. The summed E-state index contributed by atoms with van der Waals surface area (Å²) in [7, 11) is 0. The van der Waals surface area contributed by atoms with Gasteiger partial charge in [-0.05, 0) is 12.0 Å². The van der Waals surface area contributed by atoms with Gasteiger partial charge in [-0.15, -0.1) is 0 Å². The molecule has 0 aliphatic heterocycles. The van der Waals surface area contributed by atoms with Crippen LogP contribution in [0.2, 0.25) is 0 Å². The van der Waals surface area contributed by atoms with Gasteiger partial charge in [0.25, 0.3) is 0 Å². The Bertz CT molecular complexity index is 572. The van der Waals surface area contributed by atoms with Crippen molar-refractivity contribution in [2.75, 3.05) is 13.2 Å². The lowest BCUT2D eigenvalue weighted by atomic mass is 9.95. The van der Waals surface area contributed by atoms with Gasteiger partial charge in [0.05, 0.1) is 6.61 Å². The molecule has 2 N–H and O–H groups in total. The third kappa shape index (κ3) is 6.91. The maximum atomic E-state index is 12.0. The normalized spacial score (nSPS) is 11.0. The molecule has 0 aliphatic rings. The molecule has 1 aromatic carbocycles. The van der Waals surface area contributed by atoms with Crippen molar-refractivity contribution in [1.29, 1.82) is 0 Å².